The zero-order valence-electron chi connectivity index (χ0n) is 11.8. The fourth-order valence-corrected chi connectivity index (χ4v) is 3.22. The van der Waals surface area contributed by atoms with E-state index < -0.39 is 27.2 Å². The number of rotatable bonds is 4. The third-order valence-electron chi connectivity index (χ3n) is 3.31. The predicted octanol–water partition coefficient (Wildman–Crippen LogP) is 3.10. The van der Waals surface area contributed by atoms with Crippen LogP contribution in [0.15, 0.2) is 47.4 Å². The highest BCUT2D eigenvalue weighted by Gasteiger charge is 2.21. The van der Waals surface area contributed by atoms with Gasteiger partial charge >= 0.3 is 0 Å². The van der Waals surface area contributed by atoms with Crippen LogP contribution in [0, 0.1) is 19.7 Å². The maximum atomic E-state index is 13.1. The second kappa shape index (κ2) is 5.77. The van der Waals surface area contributed by atoms with Gasteiger partial charge in [-0.05, 0) is 49.2 Å². The number of halogens is 1. The largest absolute Gasteiger partial charge is 0.293 e. The molecule has 0 amide bonds. The molecule has 0 radical (unpaired) electrons. The number of carbonyl (C=O) groups is 1. The molecule has 21 heavy (non-hydrogen) atoms. The SMILES string of the molecule is Cc1ccc(S(=O)(=O)CC(=O)c2cccc(F)c2)cc1C. The molecule has 0 aliphatic heterocycles. The Kier molecular flexibility index (Phi) is 4.23. The lowest BCUT2D eigenvalue weighted by Crippen LogP contribution is -2.16. The van der Waals surface area contributed by atoms with Gasteiger partial charge in [-0.3, -0.25) is 4.79 Å². The monoisotopic (exact) mass is 306 g/mol. The Hall–Kier alpha value is -2.01. The molecule has 2 rings (SSSR count). The zero-order chi connectivity index (χ0) is 15.6. The van der Waals surface area contributed by atoms with Gasteiger partial charge in [-0.1, -0.05) is 18.2 Å². The Morgan fingerprint density at radius 1 is 1.05 bits per heavy atom. The van der Waals surface area contributed by atoms with Crippen molar-refractivity contribution in [1.82, 2.24) is 0 Å². The minimum Gasteiger partial charge on any atom is -0.293 e. The summed E-state index contributed by atoms with van der Waals surface area (Å²) in [6.45, 7) is 3.69. The third-order valence-corrected chi connectivity index (χ3v) is 4.92. The van der Waals surface area contributed by atoms with Crippen LogP contribution >= 0.6 is 0 Å². The summed E-state index contributed by atoms with van der Waals surface area (Å²) in [6.07, 6.45) is 0. The number of hydrogen-bond acceptors (Lipinski definition) is 3. The van der Waals surface area contributed by atoms with Crippen molar-refractivity contribution in [3.8, 4) is 0 Å². The zero-order valence-corrected chi connectivity index (χ0v) is 12.6. The van der Waals surface area contributed by atoms with Crippen molar-refractivity contribution in [2.45, 2.75) is 18.7 Å². The van der Waals surface area contributed by atoms with Crippen LogP contribution in [0.1, 0.15) is 21.5 Å². The minimum atomic E-state index is -3.73. The maximum absolute atomic E-state index is 13.1. The van der Waals surface area contributed by atoms with E-state index in [-0.39, 0.29) is 10.5 Å². The summed E-state index contributed by atoms with van der Waals surface area (Å²) >= 11 is 0. The van der Waals surface area contributed by atoms with E-state index in [1.165, 1.54) is 24.3 Å². The van der Waals surface area contributed by atoms with Crippen molar-refractivity contribution in [2.24, 2.45) is 0 Å². The Morgan fingerprint density at radius 2 is 1.76 bits per heavy atom. The van der Waals surface area contributed by atoms with Gasteiger partial charge in [-0.25, -0.2) is 12.8 Å². The first-order valence-corrected chi connectivity index (χ1v) is 8.03. The van der Waals surface area contributed by atoms with Crippen molar-refractivity contribution >= 4 is 15.6 Å². The molecular weight excluding hydrogens is 291 g/mol. The second-order valence-corrected chi connectivity index (χ2v) is 6.93. The first-order chi connectivity index (χ1) is 9.79. The van der Waals surface area contributed by atoms with E-state index in [0.717, 1.165) is 17.2 Å². The molecule has 0 aliphatic carbocycles. The second-order valence-electron chi connectivity index (χ2n) is 4.94. The highest BCUT2D eigenvalue weighted by atomic mass is 32.2. The number of carbonyl (C=O) groups excluding carboxylic acids is 1. The quantitative estimate of drug-likeness (QED) is 0.816. The van der Waals surface area contributed by atoms with Crippen molar-refractivity contribution in [1.29, 1.82) is 0 Å². The Bertz CT molecular complexity index is 795. The van der Waals surface area contributed by atoms with Crippen molar-refractivity contribution in [2.75, 3.05) is 5.75 Å². The summed E-state index contributed by atoms with van der Waals surface area (Å²) in [5.74, 6) is -1.85. The van der Waals surface area contributed by atoms with Gasteiger partial charge in [0.1, 0.15) is 11.6 Å². The number of benzene rings is 2. The molecule has 5 heteroatoms. The molecule has 0 saturated heterocycles. The van der Waals surface area contributed by atoms with Crippen LogP contribution in [0.2, 0.25) is 0 Å². The summed E-state index contributed by atoms with van der Waals surface area (Å²) in [6, 6.07) is 9.76. The first-order valence-electron chi connectivity index (χ1n) is 6.38. The highest BCUT2D eigenvalue weighted by molar-refractivity contribution is 7.92. The van der Waals surface area contributed by atoms with Crippen LogP contribution in [-0.4, -0.2) is 20.0 Å². The fourth-order valence-electron chi connectivity index (χ4n) is 1.91. The summed E-state index contributed by atoms with van der Waals surface area (Å²) in [7, 11) is -3.73. The maximum Gasteiger partial charge on any atom is 0.185 e. The van der Waals surface area contributed by atoms with Crippen LogP contribution in [-0.2, 0) is 9.84 Å². The van der Waals surface area contributed by atoms with E-state index in [0.29, 0.717) is 0 Å². The summed E-state index contributed by atoms with van der Waals surface area (Å²) in [5.41, 5.74) is 1.88. The van der Waals surface area contributed by atoms with Gasteiger partial charge in [0.15, 0.2) is 15.6 Å². The fraction of sp³-hybridized carbons (Fsp3) is 0.188. The molecule has 0 atom stereocenters. The molecule has 0 saturated carbocycles. The summed E-state index contributed by atoms with van der Waals surface area (Å²) < 4.78 is 37.6. The van der Waals surface area contributed by atoms with Crippen molar-refractivity contribution in [3.63, 3.8) is 0 Å². The lowest BCUT2D eigenvalue weighted by Gasteiger charge is -2.07. The van der Waals surface area contributed by atoms with E-state index in [1.807, 2.05) is 13.8 Å². The number of hydrogen-bond donors (Lipinski definition) is 0. The number of Topliss-reactive ketones (excluding diaryl/α,β-unsaturated/α-hetero) is 1. The van der Waals surface area contributed by atoms with Crippen LogP contribution < -0.4 is 0 Å². The molecule has 0 unspecified atom stereocenters. The van der Waals surface area contributed by atoms with Gasteiger partial charge in [0.05, 0.1) is 4.90 Å². The molecule has 2 aromatic rings. The van der Waals surface area contributed by atoms with Gasteiger partial charge in [-0.2, -0.15) is 0 Å². The molecule has 3 nitrogen and oxygen atoms in total. The Balaban J connectivity index is 2.29. The van der Waals surface area contributed by atoms with Crippen LogP contribution in [0.3, 0.4) is 0 Å². The summed E-state index contributed by atoms with van der Waals surface area (Å²) in [4.78, 5) is 12.1. The van der Waals surface area contributed by atoms with Crippen LogP contribution in [0.25, 0.3) is 0 Å². The number of sulfone groups is 1. The standard InChI is InChI=1S/C16H15FO3S/c1-11-6-7-15(8-12(11)2)21(19,20)10-16(18)13-4-3-5-14(17)9-13/h3-9H,10H2,1-2H3. The Morgan fingerprint density at radius 3 is 2.38 bits per heavy atom. The van der Waals surface area contributed by atoms with Gasteiger partial charge < -0.3 is 0 Å². The average molecular weight is 306 g/mol. The van der Waals surface area contributed by atoms with Gasteiger partial charge in [0, 0.05) is 5.56 Å². The van der Waals surface area contributed by atoms with Crippen molar-refractivity contribution < 1.29 is 17.6 Å². The topological polar surface area (TPSA) is 51.2 Å². The molecule has 0 aliphatic rings. The minimum absolute atomic E-state index is 0.0578. The Labute approximate surface area is 123 Å². The van der Waals surface area contributed by atoms with E-state index in [1.54, 1.807) is 12.1 Å². The molecular formula is C16H15FO3S. The molecule has 0 bridgehead atoms. The van der Waals surface area contributed by atoms with Crippen LogP contribution in [0.5, 0.6) is 0 Å². The predicted molar refractivity (Wildman–Crippen MR) is 78.7 cm³/mol. The van der Waals surface area contributed by atoms with E-state index >= 15 is 0 Å². The molecule has 2 aromatic carbocycles. The smallest absolute Gasteiger partial charge is 0.185 e. The lowest BCUT2D eigenvalue weighted by atomic mass is 10.1. The molecule has 110 valence electrons. The van der Waals surface area contributed by atoms with Crippen LogP contribution in [0.4, 0.5) is 4.39 Å². The third kappa shape index (κ3) is 3.55. The summed E-state index contributed by atoms with van der Waals surface area (Å²) in [5, 5.41) is 0. The van der Waals surface area contributed by atoms with Crippen molar-refractivity contribution in [3.05, 3.63) is 65.0 Å². The number of aryl methyl sites for hydroxylation is 2. The van der Waals surface area contributed by atoms with Gasteiger partial charge in [0.25, 0.3) is 0 Å². The highest BCUT2D eigenvalue weighted by Crippen LogP contribution is 2.17. The van der Waals surface area contributed by atoms with Gasteiger partial charge in [-0.15, -0.1) is 0 Å². The molecule has 0 spiro atoms. The normalized spacial score (nSPS) is 11.4. The van der Waals surface area contributed by atoms with E-state index in [9.17, 15) is 17.6 Å². The molecule has 0 fully saturated rings. The van der Waals surface area contributed by atoms with Gasteiger partial charge in [0.2, 0.25) is 0 Å². The number of ketones is 1. The molecule has 0 N–H and O–H groups in total. The molecule has 0 aromatic heterocycles. The first kappa shape index (κ1) is 15.4. The average Bonchev–Trinajstić information content (AvgIpc) is 2.41. The molecule has 0 heterocycles. The lowest BCUT2D eigenvalue weighted by molar-refractivity contribution is 0.102. The van der Waals surface area contributed by atoms with E-state index in [2.05, 4.69) is 0 Å². The van der Waals surface area contributed by atoms with E-state index in [4.69, 9.17) is 0 Å².